The summed E-state index contributed by atoms with van der Waals surface area (Å²) in [4.78, 5) is 15.2. The Balaban J connectivity index is 1.21. The molecular formula is C49H31N3O. The third-order valence-electron chi connectivity index (χ3n) is 9.89. The molecule has 4 nitrogen and oxygen atoms in total. The Morgan fingerprint density at radius 3 is 1.58 bits per heavy atom. The molecule has 0 aliphatic rings. The summed E-state index contributed by atoms with van der Waals surface area (Å²) < 4.78 is 7.08. The quantitative estimate of drug-likeness (QED) is 0.176. The summed E-state index contributed by atoms with van der Waals surface area (Å²) in [6.07, 6.45) is 0. The van der Waals surface area contributed by atoms with Crippen LogP contribution in [0.15, 0.2) is 192 Å². The van der Waals surface area contributed by atoms with E-state index in [-0.39, 0.29) is 0 Å². The van der Waals surface area contributed by atoms with Gasteiger partial charge in [-0.1, -0.05) is 170 Å². The van der Waals surface area contributed by atoms with Crippen LogP contribution in [0.2, 0.25) is 0 Å². The molecule has 10 rings (SSSR count). The molecule has 0 radical (unpaired) electrons. The second kappa shape index (κ2) is 12.9. The predicted octanol–water partition coefficient (Wildman–Crippen LogP) is 12.9. The van der Waals surface area contributed by atoms with Crippen LogP contribution < -0.4 is 0 Å². The smallest absolute Gasteiger partial charge is 0.162 e. The monoisotopic (exact) mass is 677 g/mol. The number of pyridine rings is 1. The highest BCUT2D eigenvalue weighted by molar-refractivity contribution is 6.18. The Bertz CT molecular complexity index is 2920. The lowest BCUT2D eigenvalue weighted by molar-refractivity contribution is 0.632. The van der Waals surface area contributed by atoms with Crippen molar-refractivity contribution in [3.8, 4) is 67.5 Å². The molecule has 10 aromatic rings. The highest BCUT2D eigenvalue weighted by Gasteiger charge is 2.24. The lowest BCUT2D eigenvalue weighted by atomic mass is 9.93. The molecule has 0 amide bonds. The van der Waals surface area contributed by atoms with Gasteiger partial charge in [-0.15, -0.1) is 0 Å². The SMILES string of the molecule is c1ccc(-c2cccc(-c3c(-c4ccc(-c5nc(-c6ccccc6)nc6ccccc56)cc4)oc4c(-c5ccccc5)nc5ccccc5c34)c2)cc1. The van der Waals surface area contributed by atoms with Crippen molar-refractivity contribution in [1.82, 2.24) is 15.0 Å². The molecule has 0 saturated carbocycles. The summed E-state index contributed by atoms with van der Waals surface area (Å²) in [6, 6.07) is 64.9. The van der Waals surface area contributed by atoms with Crippen LogP contribution in [0.25, 0.3) is 100 Å². The normalized spacial score (nSPS) is 11.4. The third-order valence-corrected chi connectivity index (χ3v) is 9.89. The molecule has 0 saturated heterocycles. The van der Waals surface area contributed by atoms with Crippen LogP contribution >= 0.6 is 0 Å². The van der Waals surface area contributed by atoms with Crippen molar-refractivity contribution in [2.24, 2.45) is 0 Å². The minimum atomic E-state index is 0.703. The summed E-state index contributed by atoms with van der Waals surface area (Å²) in [5.41, 5.74) is 12.7. The molecule has 3 aromatic heterocycles. The van der Waals surface area contributed by atoms with Crippen LogP contribution in [0.5, 0.6) is 0 Å². The van der Waals surface area contributed by atoms with E-state index in [4.69, 9.17) is 19.4 Å². The number of rotatable bonds is 6. The third kappa shape index (κ3) is 5.45. The summed E-state index contributed by atoms with van der Waals surface area (Å²) in [5.74, 6) is 1.50. The van der Waals surface area contributed by atoms with Crippen LogP contribution in [0, 0.1) is 0 Å². The van der Waals surface area contributed by atoms with Crippen molar-refractivity contribution in [2.45, 2.75) is 0 Å². The van der Waals surface area contributed by atoms with Gasteiger partial charge in [0.15, 0.2) is 11.4 Å². The second-order valence-corrected chi connectivity index (χ2v) is 13.2. The molecule has 7 aromatic carbocycles. The van der Waals surface area contributed by atoms with E-state index in [0.29, 0.717) is 5.82 Å². The number of hydrogen-bond acceptors (Lipinski definition) is 4. The first-order chi connectivity index (χ1) is 26.3. The Morgan fingerprint density at radius 2 is 0.868 bits per heavy atom. The molecule has 0 atom stereocenters. The van der Waals surface area contributed by atoms with E-state index in [1.165, 1.54) is 0 Å². The number of furan rings is 1. The zero-order valence-electron chi connectivity index (χ0n) is 28.6. The molecule has 0 aliphatic heterocycles. The first kappa shape index (κ1) is 30.6. The number of aromatic nitrogens is 3. The van der Waals surface area contributed by atoms with Gasteiger partial charge in [0.1, 0.15) is 11.5 Å². The topological polar surface area (TPSA) is 51.8 Å². The molecule has 4 heteroatoms. The average Bonchev–Trinajstić information content (AvgIpc) is 3.65. The zero-order valence-corrected chi connectivity index (χ0v) is 28.6. The molecule has 3 heterocycles. The summed E-state index contributed by atoms with van der Waals surface area (Å²) in [7, 11) is 0. The van der Waals surface area contributed by atoms with Gasteiger partial charge in [-0.2, -0.15) is 0 Å². The van der Waals surface area contributed by atoms with E-state index in [0.717, 1.165) is 94.4 Å². The molecule has 0 fully saturated rings. The van der Waals surface area contributed by atoms with Gasteiger partial charge >= 0.3 is 0 Å². The van der Waals surface area contributed by atoms with Crippen molar-refractivity contribution in [1.29, 1.82) is 0 Å². The largest absolute Gasteiger partial charge is 0.453 e. The van der Waals surface area contributed by atoms with Crippen LogP contribution in [0.1, 0.15) is 0 Å². The van der Waals surface area contributed by atoms with Crippen molar-refractivity contribution in [2.75, 3.05) is 0 Å². The van der Waals surface area contributed by atoms with Gasteiger partial charge in [0, 0.05) is 44.0 Å². The molecule has 0 aliphatic carbocycles. The minimum Gasteiger partial charge on any atom is -0.453 e. The Morgan fingerprint density at radius 1 is 0.340 bits per heavy atom. The lowest BCUT2D eigenvalue weighted by Gasteiger charge is -2.11. The maximum absolute atomic E-state index is 7.08. The maximum atomic E-state index is 7.08. The fourth-order valence-corrected chi connectivity index (χ4v) is 7.36. The van der Waals surface area contributed by atoms with Crippen molar-refractivity contribution < 1.29 is 4.42 Å². The Labute approximate surface area is 306 Å². The van der Waals surface area contributed by atoms with Crippen molar-refractivity contribution in [3.05, 3.63) is 188 Å². The van der Waals surface area contributed by atoms with Crippen LogP contribution in [-0.2, 0) is 0 Å². The molecule has 53 heavy (non-hydrogen) atoms. The molecule has 0 N–H and O–H groups in total. The van der Waals surface area contributed by atoms with Crippen molar-refractivity contribution >= 4 is 32.8 Å². The van der Waals surface area contributed by atoms with Gasteiger partial charge in [-0.05, 0) is 34.9 Å². The average molecular weight is 678 g/mol. The van der Waals surface area contributed by atoms with Gasteiger partial charge in [0.2, 0.25) is 0 Å². The summed E-state index contributed by atoms with van der Waals surface area (Å²) >= 11 is 0. The molecule has 248 valence electrons. The van der Waals surface area contributed by atoms with E-state index < -0.39 is 0 Å². The van der Waals surface area contributed by atoms with E-state index in [1.54, 1.807) is 0 Å². The standard InChI is InChI=1S/C49H31N3O/c1-4-15-32(16-5-1)37-21-14-22-38(31-37)43-44-39-23-10-12-25-41(39)50-46(33-17-6-2-7-18-33)48(44)53-47(43)35-29-27-34(28-30-35)45-40-24-11-13-26-42(40)51-49(52-45)36-19-8-3-9-20-36/h1-31H. The molecule has 0 bridgehead atoms. The lowest BCUT2D eigenvalue weighted by Crippen LogP contribution is -1.95. The number of fused-ring (bicyclic) bond motifs is 4. The van der Waals surface area contributed by atoms with Gasteiger partial charge in [-0.25, -0.2) is 15.0 Å². The van der Waals surface area contributed by atoms with Gasteiger partial charge in [-0.3, -0.25) is 0 Å². The number of para-hydroxylation sites is 2. The Hall–Kier alpha value is -7.17. The van der Waals surface area contributed by atoms with Crippen LogP contribution in [-0.4, -0.2) is 15.0 Å². The molecule has 0 unspecified atom stereocenters. The van der Waals surface area contributed by atoms with Crippen molar-refractivity contribution in [3.63, 3.8) is 0 Å². The second-order valence-electron chi connectivity index (χ2n) is 13.2. The predicted molar refractivity (Wildman–Crippen MR) is 217 cm³/mol. The fraction of sp³-hybridized carbons (Fsp3) is 0. The Kier molecular flexibility index (Phi) is 7.43. The molecule has 0 spiro atoms. The van der Waals surface area contributed by atoms with Gasteiger partial charge in [0.25, 0.3) is 0 Å². The number of nitrogens with zero attached hydrogens (tertiary/aromatic N) is 3. The summed E-state index contributed by atoms with van der Waals surface area (Å²) in [5, 5.41) is 3.11. The van der Waals surface area contributed by atoms with Gasteiger partial charge < -0.3 is 4.42 Å². The first-order valence-electron chi connectivity index (χ1n) is 17.8. The number of hydrogen-bond donors (Lipinski definition) is 0. The fourth-order valence-electron chi connectivity index (χ4n) is 7.36. The van der Waals surface area contributed by atoms with E-state index in [1.807, 2.05) is 60.7 Å². The zero-order chi connectivity index (χ0) is 35.1. The van der Waals surface area contributed by atoms with Gasteiger partial charge in [0.05, 0.1) is 16.7 Å². The maximum Gasteiger partial charge on any atom is 0.162 e. The molecular weight excluding hydrogens is 647 g/mol. The number of benzene rings is 7. The highest BCUT2D eigenvalue weighted by Crippen LogP contribution is 2.47. The summed E-state index contributed by atoms with van der Waals surface area (Å²) in [6.45, 7) is 0. The van der Waals surface area contributed by atoms with E-state index in [2.05, 4.69) is 127 Å². The highest BCUT2D eigenvalue weighted by atomic mass is 16.3. The van der Waals surface area contributed by atoms with Crippen LogP contribution in [0.4, 0.5) is 0 Å². The van der Waals surface area contributed by atoms with E-state index >= 15 is 0 Å². The minimum absolute atomic E-state index is 0.703. The van der Waals surface area contributed by atoms with Crippen LogP contribution in [0.3, 0.4) is 0 Å². The van der Waals surface area contributed by atoms with E-state index in [9.17, 15) is 0 Å². The first-order valence-corrected chi connectivity index (χ1v) is 17.8.